The predicted octanol–water partition coefficient (Wildman–Crippen LogP) is 4.57. The lowest BCUT2D eigenvalue weighted by Crippen LogP contribution is -2.22. The van der Waals surface area contributed by atoms with Crippen LogP contribution in [0.3, 0.4) is 0 Å². The van der Waals surface area contributed by atoms with Crippen LogP contribution in [0.2, 0.25) is 5.02 Å². The molecule has 0 aliphatic rings. The summed E-state index contributed by atoms with van der Waals surface area (Å²) in [6, 6.07) is 12.4. The minimum atomic E-state index is -0.622. The van der Waals surface area contributed by atoms with Crippen LogP contribution < -0.4 is 10.6 Å². The smallest absolute Gasteiger partial charge is 0.306 e. The molecule has 0 aromatic heterocycles. The third-order valence-electron chi connectivity index (χ3n) is 3.80. The number of carbonyl (C=O) groups excluding carboxylic acids is 3. The molecule has 0 fully saturated rings. The molecule has 0 spiro atoms. The second-order valence-electron chi connectivity index (χ2n) is 5.90. The number of amides is 2. The minimum absolute atomic E-state index is 0.0270. The van der Waals surface area contributed by atoms with E-state index in [0.29, 0.717) is 15.2 Å². The van der Waals surface area contributed by atoms with E-state index in [9.17, 15) is 14.4 Å². The van der Waals surface area contributed by atoms with Crippen molar-refractivity contribution in [1.29, 1.82) is 0 Å². The van der Waals surface area contributed by atoms with Crippen LogP contribution in [0.15, 0.2) is 46.9 Å². The fraction of sp³-hybridized carbons (Fsp3) is 0.250. The summed E-state index contributed by atoms with van der Waals surface area (Å²) < 4.78 is 5.61. The SMILES string of the molecule is CCc1ccccc1NC(=O)CCC(=O)OCC(=O)Nc1ccc(Br)c(Cl)c1. The van der Waals surface area contributed by atoms with Crippen LogP contribution in [0.5, 0.6) is 0 Å². The molecule has 0 saturated heterocycles. The number of esters is 1. The third-order valence-corrected chi connectivity index (χ3v) is 5.03. The fourth-order valence-corrected chi connectivity index (χ4v) is 2.80. The van der Waals surface area contributed by atoms with Gasteiger partial charge in [0.15, 0.2) is 6.61 Å². The largest absolute Gasteiger partial charge is 0.456 e. The lowest BCUT2D eigenvalue weighted by atomic mass is 10.1. The van der Waals surface area contributed by atoms with Gasteiger partial charge in [0, 0.05) is 22.3 Å². The van der Waals surface area contributed by atoms with E-state index in [-0.39, 0.29) is 18.7 Å². The highest BCUT2D eigenvalue weighted by Gasteiger charge is 2.12. The van der Waals surface area contributed by atoms with E-state index in [1.54, 1.807) is 18.2 Å². The van der Waals surface area contributed by atoms with E-state index in [4.69, 9.17) is 16.3 Å². The Morgan fingerprint density at radius 1 is 1.04 bits per heavy atom. The average molecular weight is 468 g/mol. The first-order valence-corrected chi connectivity index (χ1v) is 9.84. The highest BCUT2D eigenvalue weighted by molar-refractivity contribution is 9.10. The first-order valence-electron chi connectivity index (χ1n) is 8.67. The Kier molecular flexibility index (Phi) is 8.47. The van der Waals surface area contributed by atoms with Crippen LogP contribution in [0, 0.1) is 0 Å². The van der Waals surface area contributed by atoms with Gasteiger partial charge in [-0.05, 0) is 52.2 Å². The molecule has 2 N–H and O–H groups in total. The number of hydrogen-bond donors (Lipinski definition) is 2. The molecule has 0 saturated carbocycles. The summed E-state index contributed by atoms with van der Waals surface area (Å²) in [5, 5.41) is 5.81. The summed E-state index contributed by atoms with van der Waals surface area (Å²) in [7, 11) is 0. The molecule has 6 nitrogen and oxygen atoms in total. The number of carbonyl (C=O) groups is 3. The predicted molar refractivity (Wildman–Crippen MR) is 112 cm³/mol. The first-order chi connectivity index (χ1) is 13.4. The number of aryl methyl sites for hydroxylation is 1. The van der Waals surface area contributed by atoms with Gasteiger partial charge >= 0.3 is 5.97 Å². The maximum atomic E-state index is 12.0. The van der Waals surface area contributed by atoms with Gasteiger partial charge in [0.25, 0.3) is 5.91 Å². The van der Waals surface area contributed by atoms with Crippen molar-refractivity contribution >= 4 is 56.7 Å². The quantitative estimate of drug-likeness (QED) is 0.557. The molecule has 2 rings (SSSR count). The zero-order valence-electron chi connectivity index (χ0n) is 15.3. The Bertz CT molecular complexity index is 873. The molecule has 0 bridgehead atoms. The van der Waals surface area contributed by atoms with Gasteiger partial charge in [-0.25, -0.2) is 0 Å². The van der Waals surface area contributed by atoms with Gasteiger partial charge in [-0.15, -0.1) is 0 Å². The zero-order chi connectivity index (χ0) is 20.5. The van der Waals surface area contributed by atoms with E-state index in [1.165, 1.54) is 0 Å². The molecule has 2 aromatic rings. The second kappa shape index (κ2) is 10.8. The molecule has 0 radical (unpaired) electrons. The highest BCUT2D eigenvalue weighted by Crippen LogP contribution is 2.25. The molecule has 2 amide bonds. The Morgan fingerprint density at radius 2 is 1.79 bits per heavy atom. The minimum Gasteiger partial charge on any atom is -0.456 e. The number of anilines is 2. The molecule has 148 valence electrons. The number of hydrogen-bond acceptors (Lipinski definition) is 4. The summed E-state index contributed by atoms with van der Waals surface area (Å²) in [6.07, 6.45) is 0.648. The number of halogens is 2. The lowest BCUT2D eigenvalue weighted by molar-refractivity contribution is -0.147. The van der Waals surface area contributed by atoms with Gasteiger partial charge in [-0.2, -0.15) is 0 Å². The number of ether oxygens (including phenoxy) is 1. The molecule has 0 heterocycles. The van der Waals surface area contributed by atoms with Crippen LogP contribution in [-0.2, 0) is 25.5 Å². The van der Waals surface area contributed by atoms with Crippen molar-refractivity contribution in [3.05, 3.63) is 57.5 Å². The topological polar surface area (TPSA) is 84.5 Å². The van der Waals surface area contributed by atoms with Crippen LogP contribution in [0.1, 0.15) is 25.3 Å². The lowest BCUT2D eigenvalue weighted by Gasteiger charge is -2.10. The van der Waals surface area contributed by atoms with Gasteiger partial charge in [0.05, 0.1) is 11.4 Å². The molecule has 0 aliphatic heterocycles. The normalized spacial score (nSPS) is 10.2. The summed E-state index contributed by atoms with van der Waals surface area (Å²) in [5.41, 5.74) is 2.24. The Balaban J connectivity index is 1.72. The average Bonchev–Trinajstić information content (AvgIpc) is 2.68. The summed E-state index contributed by atoms with van der Waals surface area (Å²) in [5.74, 6) is -1.40. The first kappa shape index (κ1) is 21.9. The van der Waals surface area contributed by atoms with Crippen LogP contribution in [0.25, 0.3) is 0 Å². The van der Waals surface area contributed by atoms with E-state index >= 15 is 0 Å². The highest BCUT2D eigenvalue weighted by atomic mass is 79.9. The van der Waals surface area contributed by atoms with E-state index in [1.807, 2.05) is 31.2 Å². The molecule has 28 heavy (non-hydrogen) atoms. The Labute approximate surface area is 176 Å². The number of benzene rings is 2. The van der Waals surface area contributed by atoms with Crippen molar-refractivity contribution < 1.29 is 19.1 Å². The van der Waals surface area contributed by atoms with Crippen molar-refractivity contribution in [3.8, 4) is 0 Å². The van der Waals surface area contributed by atoms with Crippen molar-refractivity contribution in [2.24, 2.45) is 0 Å². The number of nitrogens with one attached hydrogen (secondary N) is 2. The molecule has 0 aliphatic carbocycles. The maximum absolute atomic E-state index is 12.0. The van der Waals surface area contributed by atoms with Gasteiger partial charge in [0.2, 0.25) is 5.91 Å². The van der Waals surface area contributed by atoms with Crippen LogP contribution >= 0.6 is 27.5 Å². The molecule has 2 aromatic carbocycles. The van der Waals surface area contributed by atoms with E-state index in [0.717, 1.165) is 17.7 Å². The number of rotatable bonds is 8. The van der Waals surface area contributed by atoms with Gasteiger partial charge < -0.3 is 15.4 Å². The molecule has 8 heteroatoms. The van der Waals surface area contributed by atoms with Crippen molar-refractivity contribution in [2.45, 2.75) is 26.2 Å². The molecule has 0 atom stereocenters. The van der Waals surface area contributed by atoms with Gasteiger partial charge in [0.1, 0.15) is 0 Å². The second-order valence-corrected chi connectivity index (χ2v) is 7.16. The van der Waals surface area contributed by atoms with E-state index < -0.39 is 18.5 Å². The van der Waals surface area contributed by atoms with E-state index in [2.05, 4.69) is 26.6 Å². The Hall–Kier alpha value is -2.38. The molecular weight excluding hydrogens is 448 g/mol. The van der Waals surface area contributed by atoms with Crippen molar-refractivity contribution in [1.82, 2.24) is 0 Å². The van der Waals surface area contributed by atoms with Gasteiger partial charge in [-0.3, -0.25) is 14.4 Å². The zero-order valence-corrected chi connectivity index (χ0v) is 17.6. The van der Waals surface area contributed by atoms with Crippen LogP contribution in [0.4, 0.5) is 11.4 Å². The summed E-state index contributed by atoms with van der Waals surface area (Å²) >= 11 is 9.21. The third kappa shape index (κ3) is 6.98. The van der Waals surface area contributed by atoms with Crippen molar-refractivity contribution in [2.75, 3.05) is 17.2 Å². The molecular formula is C20H20BrClN2O4. The summed E-state index contributed by atoms with van der Waals surface area (Å²) in [6.45, 7) is 1.56. The van der Waals surface area contributed by atoms with Crippen LogP contribution in [-0.4, -0.2) is 24.4 Å². The maximum Gasteiger partial charge on any atom is 0.306 e. The van der Waals surface area contributed by atoms with Gasteiger partial charge in [-0.1, -0.05) is 36.7 Å². The Morgan fingerprint density at radius 3 is 2.50 bits per heavy atom. The number of para-hydroxylation sites is 1. The standard InChI is InChI=1S/C20H20BrClN2O4/c1-2-13-5-3-4-6-17(13)24-18(25)9-10-20(27)28-12-19(26)23-14-7-8-15(21)16(22)11-14/h3-8,11H,2,9-10,12H2,1H3,(H,23,26)(H,24,25). The monoisotopic (exact) mass is 466 g/mol. The van der Waals surface area contributed by atoms with Crippen molar-refractivity contribution in [3.63, 3.8) is 0 Å². The molecule has 0 unspecified atom stereocenters. The fourth-order valence-electron chi connectivity index (χ4n) is 2.37. The summed E-state index contributed by atoms with van der Waals surface area (Å²) in [4.78, 5) is 35.6.